The Labute approximate surface area is 206 Å². The maximum Gasteiger partial charge on any atom is 0.333 e. The number of aliphatic carboxylic acids is 1. The first kappa shape index (κ1) is 24.5. The number of carboxylic acids is 1. The van der Waals surface area contributed by atoms with Crippen molar-refractivity contribution in [3.8, 4) is 5.75 Å². The number of anilines is 2. The number of benzene rings is 3. The van der Waals surface area contributed by atoms with E-state index in [1.54, 1.807) is 0 Å². The summed E-state index contributed by atoms with van der Waals surface area (Å²) in [6.45, 7) is 3.62. The van der Waals surface area contributed by atoms with Crippen molar-refractivity contribution in [2.75, 3.05) is 24.7 Å². The van der Waals surface area contributed by atoms with Gasteiger partial charge in [-0.25, -0.2) is 4.79 Å². The third-order valence-corrected chi connectivity index (χ3v) is 6.07. The molecule has 0 aliphatic carbocycles. The molecule has 0 bridgehead atoms. The summed E-state index contributed by atoms with van der Waals surface area (Å²) in [5.41, 5.74) is 4.68. The van der Waals surface area contributed by atoms with Crippen LogP contribution in [0.25, 0.3) is 0 Å². The molecule has 1 aliphatic rings. The molecule has 182 valence electrons. The molecule has 1 aliphatic heterocycles. The number of nitrogens with zero attached hydrogens (tertiary/aromatic N) is 1. The number of para-hydroxylation sites is 2. The van der Waals surface area contributed by atoms with Gasteiger partial charge in [0.05, 0.1) is 12.3 Å². The monoisotopic (exact) mass is 473 g/mol. The van der Waals surface area contributed by atoms with Crippen LogP contribution in [0.4, 0.5) is 11.4 Å². The van der Waals surface area contributed by atoms with E-state index in [0.717, 1.165) is 46.7 Å². The van der Waals surface area contributed by atoms with Gasteiger partial charge in [0.2, 0.25) is 0 Å². The predicted octanol–water partition coefficient (Wildman–Crippen LogP) is 5.45. The van der Waals surface area contributed by atoms with Gasteiger partial charge in [0.25, 0.3) is 0 Å². The van der Waals surface area contributed by atoms with Crippen molar-refractivity contribution in [2.24, 2.45) is 0 Å². The zero-order chi connectivity index (χ0) is 24.6. The average Bonchev–Trinajstić information content (AvgIpc) is 2.99. The van der Waals surface area contributed by atoms with Gasteiger partial charge in [-0.2, -0.15) is 0 Å². The highest BCUT2D eigenvalue weighted by molar-refractivity contribution is 6.05. The van der Waals surface area contributed by atoms with Crippen molar-refractivity contribution in [1.82, 2.24) is 0 Å². The van der Waals surface area contributed by atoms with Gasteiger partial charge in [-0.3, -0.25) is 4.79 Å². The highest BCUT2D eigenvalue weighted by atomic mass is 16.5. The molecule has 3 aromatic rings. The fourth-order valence-corrected chi connectivity index (χ4v) is 4.33. The Morgan fingerprint density at radius 3 is 2.43 bits per heavy atom. The Bertz CT molecular complexity index is 1160. The van der Waals surface area contributed by atoms with Gasteiger partial charge < -0.3 is 19.5 Å². The summed E-state index contributed by atoms with van der Waals surface area (Å²) < 4.78 is 11.4. The van der Waals surface area contributed by atoms with Crippen molar-refractivity contribution in [3.63, 3.8) is 0 Å². The number of fused-ring (bicyclic) bond motifs is 2. The molecule has 0 spiro atoms. The number of carboxylic acid groups (broad SMARTS) is 1. The van der Waals surface area contributed by atoms with Crippen LogP contribution in [0, 0.1) is 0 Å². The summed E-state index contributed by atoms with van der Waals surface area (Å²) >= 11 is 0. The molecule has 0 fully saturated rings. The first-order chi connectivity index (χ1) is 17.1. The molecule has 6 nitrogen and oxygen atoms in total. The molecule has 0 aromatic heterocycles. The van der Waals surface area contributed by atoms with Crippen LogP contribution in [-0.4, -0.2) is 42.7 Å². The first-order valence-corrected chi connectivity index (χ1v) is 12.1. The minimum absolute atomic E-state index is 0.136. The van der Waals surface area contributed by atoms with E-state index in [1.165, 1.54) is 0 Å². The number of rotatable bonds is 11. The summed E-state index contributed by atoms with van der Waals surface area (Å²) in [6.07, 6.45) is 1.43. The number of carbonyl (C=O) groups excluding carboxylic acids is 1. The smallest absolute Gasteiger partial charge is 0.333 e. The van der Waals surface area contributed by atoms with Crippen molar-refractivity contribution >= 4 is 23.1 Å². The van der Waals surface area contributed by atoms with Crippen LogP contribution in [0.15, 0.2) is 72.8 Å². The molecule has 1 heterocycles. The summed E-state index contributed by atoms with van der Waals surface area (Å²) in [7, 11) is 0. The molecule has 1 unspecified atom stereocenters. The highest BCUT2D eigenvalue weighted by Gasteiger charge is 2.24. The molecule has 1 N–H and O–H groups in total. The quantitative estimate of drug-likeness (QED) is 0.373. The van der Waals surface area contributed by atoms with Crippen molar-refractivity contribution in [1.29, 1.82) is 0 Å². The van der Waals surface area contributed by atoms with Gasteiger partial charge in [-0.15, -0.1) is 0 Å². The van der Waals surface area contributed by atoms with E-state index in [2.05, 4.69) is 11.0 Å². The normalized spacial score (nSPS) is 13.5. The largest absolute Gasteiger partial charge is 0.494 e. The van der Waals surface area contributed by atoms with Gasteiger partial charge in [0.1, 0.15) is 5.75 Å². The fourth-order valence-electron chi connectivity index (χ4n) is 4.33. The van der Waals surface area contributed by atoms with Crippen LogP contribution in [0.1, 0.15) is 41.3 Å². The third-order valence-electron chi connectivity index (χ3n) is 6.07. The predicted molar refractivity (Wildman–Crippen MR) is 136 cm³/mol. The van der Waals surface area contributed by atoms with E-state index >= 15 is 0 Å². The van der Waals surface area contributed by atoms with Crippen molar-refractivity contribution < 1.29 is 24.2 Å². The van der Waals surface area contributed by atoms with E-state index < -0.39 is 12.1 Å². The van der Waals surface area contributed by atoms with Crippen LogP contribution in [0.3, 0.4) is 0 Å². The standard InChI is InChI=1S/C29H31NO5/c1-2-17-35-28(29(32)33)19-21-12-14-23(15-13-21)34-18-7-16-30-25-10-5-3-8-22(25)20-27(31)24-9-4-6-11-26(24)30/h3-6,8-15,28H,2,7,16-20H2,1H3,(H,32,33). The zero-order valence-electron chi connectivity index (χ0n) is 20.0. The van der Waals surface area contributed by atoms with E-state index in [4.69, 9.17) is 9.47 Å². The molecule has 0 saturated carbocycles. The third kappa shape index (κ3) is 6.08. The van der Waals surface area contributed by atoms with Gasteiger partial charge in [0, 0.05) is 37.2 Å². The minimum atomic E-state index is -0.947. The molecule has 0 amide bonds. The number of hydrogen-bond donors (Lipinski definition) is 1. The molecule has 0 radical (unpaired) electrons. The number of carbonyl (C=O) groups is 2. The lowest BCUT2D eigenvalue weighted by Crippen LogP contribution is -2.26. The Balaban J connectivity index is 1.36. The Morgan fingerprint density at radius 1 is 0.971 bits per heavy atom. The molecular weight excluding hydrogens is 442 g/mol. The second-order valence-corrected chi connectivity index (χ2v) is 8.65. The average molecular weight is 474 g/mol. The maximum absolute atomic E-state index is 12.8. The Hall–Kier alpha value is -3.64. The van der Waals surface area contributed by atoms with Crippen LogP contribution >= 0.6 is 0 Å². The number of ether oxygens (including phenoxy) is 2. The summed E-state index contributed by atoms with van der Waals surface area (Å²) in [4.78, 5) is 26.4. The molecular formula is C29H31NO5. The van der Waals surface area contributed by atoms with Crippen LogP contribution in [0.2, 0.25) is 0 Å². The number of Topliss-reactive ketones (excluding diaryl/α,β-unsaturated/α-hetero) is 1. The van der Waals surface area contributed by atoms with Gasteiger partial charge in [-0.05, 0) is 54.3 Å². The first-order valence-electron chi connectivity index (χ1n) is 12.1. The SMILES string of the molecule is CCCOC(Cc1ccc(OCCCN2c3ccccc3CC(=O)c3ccccc32)cc1)C(=O)O. The number of hydrogen-bond acceptors (Lipinski definition) is 5. The van der Waals surface area contributed by atoms with E-state index in [-0.39, 0.29) is 5.78 Å². The van der Waals surface area contributed by atoms with Gasteiger partial charge in [-0.1, -0.05) is 49.4 Å². The maximum atomic E-state index is 12.8. The molecule has 1 atom stereocenters. The summed E-state index contributed by atoms with van der Waals surface area (Å²) in [6, 6.07) is 23.3. The van der Waals surface area contributed by atoms with Crippen LogP contribution in [0.5, 0.6) is 5.75 Å². The molecule has 0 saturated heterocycles. The highest BCUT2D eigenvalue weighted by Crippen LogP contribution is 2.35. The Kier molecular flexibility index (Phi) is 8.16. The van der Waals surface area contributed by atoms with Gasteiger partial charge >= 0.3 is 5.97 Å². The van der Waals surface area contributed by atoms with Crippen LogP contribution in [-0.2, 0) is 22.4 Å². The van der Waals surface area contributed by atoms with Gasteiger partial charge in [0.15, 0.2) is 11.9 Å². The minimum Gasteiger partial charge on any atom is -0.494 e. The van der Waals surface area contributed by atoms with Crippen molar-refractivity contribution in [2.45, 2.75) is 38.7 Å². The summed E-state index contributed by atoms with van der Waals surface area (Å²) in [5.74, 6) is -0.0730. The van der Waals surface area contributed by atoms with E-state index in [0.29, 0.717) is 32.6 Å². The lowest BCUT2D eigenvalue weighted by atomic mass is 10.0. The van der Waals surface area contributed by atoms with Crippen molar-refractivity contribution in [3.05, 3.63) is 89.5 Å². The lowest BCUT2D eigenvalue weighted by Gasteiger charge is -2.26. The second-order valence-electron chi connectivity index (χ2n) is 8.65. The fraction of sp³-hybridized carbons (Fsp3) is 0.310. The molecule has 35 heavy (non-hydrogen) atoms. The number of ketones is 1. The molecule has 6 heteroatoms. The molecule has 3 aromatic carbocycles. The lowest BCUT2D eigenvalue weighted by molar-refractivity contribution is -0.150. The van der Waals surface area contributed by atoms with E-state index in [9.17, 15) is 14.7 Å². The van der Waals surface area contributed by atoms with E-state index in [1.807, 2.05) is 73.7 Å². The molecule has 4 rings (SSSR count). The topological polar surface area (TPSA) is 76.1 Å². The summed E-state index contributed by atoms with van der Waals surface area (Å²) in [5, 5.41) is 9.35. The zero-order valence-corrected chi connectivity index (χ0v) is 20.0. The second kappa shape index (κ2) is 11.7. The van der Waals surface area contributed by atoms with Crippen LogP contribution < -0.4 is 9.64 Å². The Morgan fingerprint density at radius 2 is 1.69 bits per heavy atom.